The van der Waals surface area contributed by atoms with E-state index in [1.165, 1.54) is 34.2 Å². The van der Waals surface area contributed by atoms with Crippen LogP contribution in [0, 0.1) is 6.92 Å². The topological polar surface area (TPSA) is 156 Å². The van der Waals surface area contributed by atoms with E-state index >= 15 is 0 Å². The van der Waals surface area contributed by atoms with E-state index in [-0.39, 0.29) is 30.3 Å². The summed E-state index contributed by atoms with van der Waals surface area (Å²) in [5.41, 5.74) is 7.01. The SMILES string of the molecule is Cc1ccc([C@H](C)CCCC(=O)N(C)C[C@H](O)[C@@H](O)[C@H](O)[C@H](O)CO)cc1CNC1(c2cnccc2-c2ccccc2OC2CC2)CC1. The van der Waals surface area contributed by atoms with E-state index in [4.69, 9.17) is 9.84 Å². The van der Waals surface area contributed by atoms with Gasteiger partial charge >= 0.3 is 0 Å². The molecule has 0 unspecified atom stereocenters. The third-order valence-corrected chi connectivity index (χ3v) is 9.88. The van der Waals surface area contributed by atoms with Crippen LogP contribution in [0.2, 0.25) is 0 Å². The van der Waals surface area contributed by atoms with Crippen LogP contribution >= 0.6 is 0 Å². The number of pyridine rings is 1. The molecule has 5 rings (SSSR count). The Morgan fingerprint density at radius 3 is 2.48 bits per heavy atom. The van der Waals surface area contributed by atoms with Crippen LogP contribution in [0.25, 0.3) is 11.1 Å². The van der Waals surface area contributed by atoms with Gasteiger partial charge in [-0.1, -0.05) is 43.3 Å². The number of aryl methyl sites for hydroxylation is 1. The Balaban J connectivity index is 1.16. The number of hydrogen-bond acceptors (Lipinski definition) is 9. The number of nitrogens with zero attached hydrogens (tertiary/aromatic N) is 2. The maximum Gasteiger partial charge on any atom is 0.222 e. The average Bonchev–Trinajstić information content (AvgIpc) is 4.04. The molecule has 260 valence electrons. The lowest BCUT2D eigenvalue weighted by Crippen LogP contribution is -2.49. The molecule has 0 radical (unpaired) electrons. The molecular weight excluding hydrogens is 610 g/mol. The predicted molar refractivity (Wildman–Crippen MR) is 183 cm³/mol. The maximum atomic E-state index is 12.7. The van der Waals surface area contributed by atoms with E-state index in [0.717, 1.165) is 55.5 Å². The van der Waals surface area contributed by atoms with Gasteiger partial charge in [-0.25, -0.2) is 0 Å². The Morgan fingerprint density at radius 2 is 1.77 bits per heavy atom. The fraction of sp³-hybridized carbons (Fsp3) is 0.526. The normalized spacial score (nSPS) is 18.4. The van der Waals surface area contributed by atoms with Gasteiger partial charge in [0.05, 0.1) is 12.7 Å². The second kappa shape index (κ2) is 15.9. The van der Waals surface area contributed by atoms with Crippen LogP contribution < -0.4 is 10.1 Å². The number of ether oxygens (including phenoxy) is 1. The second-order valence-corrected chi connectivity index (χ2v) is 13.7. The van der Waals surface area contributed by atoms with E-state index in [1.807, 2.05) is 18.5 Å². The van der Waals surface area contributed by atoms with Gasteiger partial charge in [-0.2, -0.15) is 0 Å². The van der Waals surface area contributed by atoms with Crippen LogP contribution in [-0.4, -0.2) is 92.0 Å². The largest absolute Gasteiger partial charge is 0.490 e. The summed E-state index contributed by atoms with van der Waals surface area (Å²) in [5, 5.41) is 52.5. The van der Waals surface area contributed by atoms with Gasteiger partial charge in [-0.15, -0.1) is 0 Å². The summed E-state index contributed by atoms with van der Waals surface area (Å²) in [6.07, 6.45) is 3.72. The van der Waals surface area contributed by atoms with Crippen molar-refractivity contribution in [2.45, 2.75) is 107 Å². The molecule has 0 aliphatic heterocycles. The molecule has 0 saturated heterocycles. The number of rotatable bonds is 18. The molecule has 10 heteroatoms. The molecule has 2 aliphatic rings. The summed E-state index contributed by atoms with van der Waals surface area (Å²) in [4.78, 5) is 18.6. The van der Waals surface area contributed by atoms with E-state index in [2.05, 4.69) is 66.6 Å². The van der Waals surface area contributed by atoms with Crippen molar-refractivity contribution in [2.24, 2.45) is 0 Å². The number of para-hydroxylation sites is 1. The van der Waals surface area contributed by atoms with Crippen LogP contribution in [0.15, 0.2) is 60.9 Å². The minimum atomic E-state index is -1.72. The standard InChI is InChI=1S/C38H51N3O7/c1-24(7-6-10-35(45)41(3)22-32(43)36(46)37(47)33(44)23-42)26-12-11-25(2)27(19-26)20-40-38(16-17-38)31-21-39-18-15-29(31)30-8-4-5-9-34(30)48-28-13-14-28/h4-5,8-9,11-12,15,18-19,21,24,28,32-33,36-37,40,42-44,46-47H,6-7,10,13-14,16-17,20,22-23H2,1-3H3/t24-,32+,33-,36-,37-/m1/s1. The molecule has 48 heavy (non-hydrogen) atoms. The molecule has 0 spiro atoms. The smallest absolute Gasteiger partial charge is 0.222 e. The zero-order chi connectivity index (χ0) is 34.4. The van der Waals surface area contributed by atoms with Crippen molar-refractivity contribution in [3.63, 3.8) is 0 Å². The molecule has 1 aromatic heterocycles. The molecule has 3 aromatic rings. The van der Waals surface area contributed by atoms with Crippen molar-refractivity contribution in [3.05, 3.63) is 83.2 Å². The zero-order valence-electron chi connectivity index (χ0n) is 28.3. The van der Waals surface area contributed by atoms with E-state index in [0.29, 0.717) is 12.5 Å². The van der Waals surface area contributed by atoms with Crippen LogP contribution in [0.3, 0.4) is 0 Å². The Hall–Kier alpha value is -3.38. The minimum absolute atomic E-state index is 0.142. The van der Waals surface area contributed by atoms with Gasteiger partial charge in [0, 0.05) is 50.1 Å². The average molecular weight is 662 g/mol. The van der Waals surface area contributed by atoms with Gasteiger partial charge in [0.1, 0.15) is 30.2 Å². The first-order valence-corrected chi connectivity index (χ1v) is 17.1. The molecule has 0 bridgehead atoms. The van der Waals surface area contributed by atoms with Crippen molar-refractivity contribution in [3.8, 4) is 16.9 Å². The van der Waals surface area contributed by atoms with Crippen molar-refractivity contribution in [2.75, 3.05) is 20.2 Å². The fourth-order valence-electron chi connectivity index (χ4n) is 6.26. The van der Waals surface area contributed by atoms with Gasteiger partial charge < -0.3 is 40.5 Å². The van der Waals surface area contributed by atoms with Crippen molar-refractivity contribution >= 4 is 5.91 Å². The first kappa shape index (κ1) is 35.9. The Labute approximate surface area is 283 Å². The van der Waals surface area contributed by atoms with Crippen molar-refractivity contribution in [1.29, 1.82) is 0 Å². The Morgan fingerprint density at radius 1 is 1.04 bits per heavy atom. The van der Waals surface area contributed by atoms with Gasteiger partial charge in [-0.3, -0.25) is 9.78 Å². The van der Waals surface area contributed by atoms with Gasteiger partial charge in [0.25, 0.3) is 0 Å². The molecule has 2 fully saturated rings. The fourth-order valence-corrected chi connectivity index (χ4v) is 6.26. The Bertz CT molecular complexity index is 1530. The number of benzene rings is 2. The first-order chi connectivity index (χ1) is 23.0. The van der Waals surface area contributed by atoms with Crippen LogP contribution in [0.5, 0.6) is 5.75 Å². The molecule has 10 nitrogen and oxygen atoms in total. The number of aromatic nitrogens is 1. The van der Waals surface area contributed by atoms with Crippen LogP contribution in [-0.2, 0) is 16.9 Å². The number of aliphatic hydroxyl groups is 5. The molecule has 5 atom stereocenters. The summed E-state index contributed by atoms with van der Waals surface area (Å²) < 4.78 is 6.27. The summed E-state index contributed by atoms with van der Waals surface area (Å²) in [6.45, 7) is 4.06. The van der Waals surface area contributed by atoms with Crippen LogP contribution in [0.4, 0.5) is 0 Å². The maximum absolute atomic E-state index is 12.7. The van der Waals surface area contributed by atoms with Crippen molar-refractivity contribution in [1.82, 2.24) is 15.2 Å². The summed E-state index contributed by atoms with van der Waals surface area (Å²) >= 11 is 0. The molecular formula is C38H51N3O7. The lowest BCUT2D eigenvalue weighted by molar-refractivity contribution is -0.138. The number of nitrogens with one attached hydrogen (secondary N) is 1. The Kier molecular flexibility index (Phi) is 11.9. The number of amides is 1. The molecule has 1 amide bonds. The van der Waals surface area contributed by atoms with Gasteiger partial charge in [0.15, 0.2) is 0 Å². The highest BCUT2D eigenvalue weighted by Gasteiger charge is 2.46. The zero-order valence-corrected chi connectivity index (χ0v) is 28.3. The molecule has 2 aliphatic carbocycles. The monoisotopic (exact) mass is 661 g/mol. The predicted octanol–water partition coefficient (Wildman–Crippen LogP) is 3.55. The highest BCUT2D eigenvalue weighted by molar-refractivity contribution is 5.76. The number of hydrogen-bond donors (Lipinski definition) is 6. The lowest BCUT2D eigenvalue weighted by atomic mass is 9.91. The third kappa shape index (κ3) is 8.80. The van der Waals surface area contributed by atoms with E-state index in [9.17, 15) is 25.2 Å². The number of carbonyl (C=O) groups is 1. The molecule has 2 saturated carbocycles. The summed E-state index contributed by atoms with van der Waals surface area (Å²) in [6, 6.07) is 17.0. The van der Waals surface area contributed by atoms with Gasteiger partial charge in [-0.05, 0) is 91.3 Å². The third-order valence-electron chi connectivity index (χ3n) is 9.88. The van der Waals surface area contributed by atoms with E-state index in [1.54, 1.807) is 0 Å². The number of carbonyl (C=O) groups excluding carboxylic acids is 1. The minimum Gasteiger partial charge on any atom is -0.490 e. The quantitative estimate of drug-likeness (QED) is 0.120. The molecule has 2 aromatic carbocycles. The van der Waals surface area contributed by atoms with Gasteiger partial charge in [0.2, 0.25) is 5.91 Å². The van der Waals surface area contributed by atoms with Crippen molar-refractivity contribution < 1.29 is 35.1 Å². The lowest BCUT2D eigenvalue weighted by Gasteiger charge is -2.28. The highest BCUT2D eigenvalue weighted by Crippen LogP contribution is 2.50. The summed E-state index contributed by atoms with van der Waals surface area (Å²) in [7, 11) is 1.53. The van der Waals surface area contributed by atoms with Crippen LogP contribution in [0.1, 0.15) is 80.0 Å². The molecule has 1 heterocycles. The number of aliphatic hydroxyl groups excluding tert-OH is 5. The molecule has 6 N–H and O–H groups in total. The number of likely N-dealkylation sites (N-methyl/N-ethyl adjacent to an activating group) is 1. The highest BCUT2D eigenvalue weighted by atomic mass is 16.5. The second-order valence-electron chi connectivity index (χ2n) is 13.7. The first-order valence-electron chi connectivity index (χ1n) is 17.1. The van der Waals surface area contributed by atoms with E-state index < -0.39 is 31.0 Å². The summed E-state index contributed by atoms with van der Waals surface area (Å²) in [5.74, 6) is 0.971.